The van der Waals surface area contributed by atoms with Crippen LogP contribution in [0, 0.1) is 5.82 Å². The van der Waals surface area contributed by atoms with E-state index in [-0.39, 0.29) is 5.56 Å². The number of nitrogens with one attached hydrogen (secondary N) is 1. The lowest BCUT2D eigenvalue weighted by Crippen LogP contribution is -2.58. The molecule has 0 aromatic heterocycles. The lowest BCUT2D eigenvalue weighted by atomic mass is 10.1. The first-order chi connectivity index (χ1) is 9.00. The highest BCUT2D eigenvalue weighted by molar-refractivity contribution is 9.10. The van der Waals surface area contributed by atoms with Crippen molar-refractivity contribution in [3.05, 3.63) is 34.1 Å². The van der Waals surface area contributed by atoms with E-state index in [2.05, 4.69) is 21.2 Å². The van der Waals surface area contributed by atoms with Crippen molar-refractivity contribution in [1.29, 1.82) is 0 Å². The number of primary amides is 1. The maximum absolute atomic E-state index is 13.2. The van der Waals surface area contributed by atoms with E-state index in [9.17, 15) is 14.0 Å². The molecule has 1 aromatic carbocycles. The number of carbonyl (C=O) groups excluding carboxylic acids is 2. The summed E-state index contributed by atoms with van der Waals surface area (Å²) in [6.45, 7) is 1.24. The Morgan fingerprint density at radius 1 is 1.47 bits per heavy atom. The van der Waals surface area contributed by atoms with E-state index in [1.807, 2.05) is 0 Å². The van der Waals surface area contributed by atoms with Gasteiger partial charge in [-0.2, -0.15) is 0 Å². The highest BCUT2D eigenvalue weighted by Gasteiger charge is 2.31. The molecule has 0 bridgehead atoms. The number of nitrogens with two attached hydrogens (primary N) is 1. The zero-order chi connectivity index (χ0) is 14.0. The summed E-state index contributed by atoms with van der Waals surface area (Å²) in [6.07, 6.45) is 0. The molecule has 1 fully saturated rings. The minimum atomic E-state index is -0.712. The van der Waals surface area contributed by atoms with Gasteiger partial charge in [-0.05, 0) is 34.1 Å². The number of rotatable bonds is 2. The number of piperazine rings is 1. The summed E-state index contributed by atoms with van der Waals surface area (Å²) in [5.74, 6) is -1.48. The van der Waals surface area contributed by atoms with Crippen molar-refractivity contribution in [1.82, 2.24) is 10.2 Å². The SMILES string of the molecule is NC(=O)C1CNCCN1C(=O)c1cc(F)ccc1Br. The summed E-state index contributed by atoms with van der Waals surface area (Å²) < 4.78 is 13.7. The van der Waals surface area contributed by atoms with Gasteiger partial charge in [0.2, 0.25) is 5.91 Å². The first-order valence-electron chi connectivity index (χ1n) is 5.76. The van der Waals surface area contributed by atoms with Crippen LogP contribution in [0.2, 0.25) is 0 Å². The molecule has 19 heavy (non-hydrogen) atoms. The van der Waals surface area contributed by atoms with Gasteiger partial charge in [0.15, 0.2) is 0 Å². The van der Waals surface area contributed by atoms with Gasteiger partial charge in [0.05, 0.1) is 5.56 Å². The zero-order valence-corrected chi connectivity index (χ0v) is 11.6. The lowest BCUT2D eigenvalue weighted by Gasteiger charge is -2.34. The molecule has 7 heteroatoms. The molecule has 1 saturated heterocycles. The number of nitrogens with zero attached hydrogens (tertiary/aromatic N) is 1. The molecule has 3 N–H and O–H groups in total. The Bertz CT molecular complexity index is 524. The number of hydrogen-bond donors (Lipinski definition) is 2. The third kappa shape index (κ3) is 2.93. The summed E-state index contributed by atoms with van der Waals surface area (Å²) in [5, 5.41) is 3.00. The van der Waals surface area contributed by atoms with Gasteiger partial charge in [0.25, 0.3) is 5.91 Å². The van der Waals surface area contributed by atoms with E-state index in [4.69, 9.17) is 5.73 Å². The maximum Gasteiger partial charge on any atom is 0.255 e. The van der Waals surface area contributed by atoms with Crippen LogP contribution in [0.25, 0.3) is 0 Å². The van der Waals surface area contributed by atoms with Gasteiger partial charge in [0.1, 0.15) is 11.9 Å². The molecular weight excluding hydrogens is 317 g/mol. The van der Waals surface area contributed by atoms with E-state index >= 15 is 0 Å². The minimum Gasteiger partial charge on any atom is -0.368 e. The molecule has 1 heterocycles. The molecule has 5 nitrogen and oxygen atoms in total. The average molecular weight is 330 g/mol. The molecule has 102 valence electrons. The molecule has 0 radical (unpaired) electrons. The second-order valence-corrected chi connectivity index (χ2v) is 5.10. The maximum atomic E-state index is 13.2. The topological polar surface area (TPSA) is 75.4 Å². The lowest BCUT2D eigenvalue weighted by molar-refractivity contribution is -0.122. The standard InChI is InChI=1S/C12H13BrFN3O2/c13-9-2-1-7(14)5-8(9)12(19)17-4-3-16-6-10(17)11(15)18/h1-2,5,10,16H,3-4,6H2,(H2,15,18). The second-order valence-electron chi connectivity index (χ2n) is 4.25. The van der Waals surface area contributed by atoms with Crippen molar-refractivity contribution in [2.24, 2.45) is 5.73 Å². The van der Waals surface area contributed by atoms with Gasteiger partial charge in [-0.25, -0.2) is 4.39 Å². The Morgan fingerprint density at radius 3 is 2.89 bits per heavy atom. The molecule has 2 amide bonds. The summed E-state index contributed by atoms with van der Waals surface area (Å²) >= 11 is 3.21. The fraction of sp³-hybridized carbons (Fsp3) is 0.333. The number of benzene rings is 1. The molecule has 0 spiro atoms. The monoisotopic (exact) mass is 329 g/mol. The van der Waals surface area contributed by atoms with Crippen molar-refractivity contribution in [2.45, 2.75) is 6.04 Å². The van der Waals surface area contributed by atoms with Crippen LogP contribution >= 0.6 is 15.9 Å². The summed E-state index contributed by atoms with van der Waals surface area (Å²) in [4.78, 5) is 25.1. The Hall–Kier alpha value is -1.47. The molecular formula is C12H13BrFN3O2. The normalized spacial score (nSPS) is 19.3. The van der Waals surface area contributed by atoms with E-state index in [1.165, 1.54) is 17.0 Å². The van der Waals surface area contributed by atoms with Gasteiger partial charge < -0.3 is 16.0 Å². The number of halogens is 2. The van der Waals surface area contributed by atoms with E-state index in [0.717, 1.165) is 6.07 Å². The molecule has 2 rings (SSSR count). The van der Waals surface area contributed by atoms with Crippen LogP contribution in [0.15, 0.2) is 22.7 Å². The van der Waals surface area contributed by atoms with Crippen LogP contribution in [0.1, 0.15) is 10.4 Å². The Balaban J connectivity index is 2.31. The number of carbonyl (C=O) groups is 2. The Labute approximate surface area is 118 Å². The summed E-state index contributed by atoms with van der Waals surface area (Å²) in [7, 11) is 0. The van der Waals surface area contributed by atoms with Crippen molar-refractivity contribution < 1.29 is 14.0 Å². The molecule has 1 aliphatic heterocycles. The zero-order valence-electron chi connectivity index (χ0n) is 10.0. The number of hydrogen-bond acceptors (Lipinski definition) is 3. The van der Waals surface area contributed by atoms with Crippen LogP contribution in [0.4, 0.5) is 4.39 Å². The van der Waals surface area contributed by atoms with Crippen molar-refractivity contribution in [2.75, 3.05) is 19.6 Å². The molecule has 1 aromatic rings. The Kier molecular flexibility index (Phi) is 4.16. The summed E-state index contributed by atoms with van der Waals surface area (Å²) in [5.41, 5.74) is 5.47. The first-order valence-corrected chi connectivity index (χ1v) is 6.56. The predicted octanol–water partition coefficient (Wildman–Crippen LogP) is 0.488. The molecule has 0 aliphatic carbocycles. The minimum absolute atomic E-state index is 0.188. The fourth-order valence-corrected chi connectivity index (χ4v) is 2.43. The van der Waals surface area contributed by atoms with Crippen molar-refractivity contribution in [3.63, 3.8) is 0 Å². The number of amides is 2. The fourth-order valence-electron chi connectivity index (χ4n) is 2.02. The van der Waals surface area contributed by atoms with Crippen LogP contribution in [0.5, 0.6) is 0 Å². The van der Waals surface area contributed by atoms with Gasteiger partial charge >= 0.3 is 0 Å². The van der Waals surface area contributed by atoms with Crippen LogP contribution < -0.4 is 11.1 Å². The van der Waals surface area contributed by atoms with Crippen LogP contribution in [-0.2, 0) is 4.79 Å². The van der Waals surface area contributed by atoms with Crippen molar-refractivity contribution in [3.8, 4) is 0 Å². The van der Waals surface area contributed by atoms with Gasteiger partial charge in [-0.1, -0.05) is 0 Å². The van der Waals surface area contributed by atoms with E-state index in [1.54, 1.807) is 0 Å². The second kappa shape index (κ2) is 5.66. The Morgan fingerprint density at radius 2 is 2.21 bits per heavy atom. The van der Waals surface area contributed by atoms with Gasteiger partial charge in [-0.3, -0.25) is 9.59 Å². The third-order valence-electron chi connectivity index (χ3n) is 2.99. The first kappa shape index (κ1) is 14.0. The van der Waals surface area contributed by atoms with Gasteiger partial charge in [-0.15, -0.1) is 0 Å². The van der Waals surface area contributed by atoms with E-state index < -0.39 is 23.7 Å². The quantitative estimate of drug-likeness (QED) is 0.829. The summed E-state index contributed by atoms with van der Waals surface area (Å²) in [6, 6.07) is 3.15. The molecule has 0 saturated carbocycles. The molecule has 1 atom stereocenters. The highest BCUT2D eigenvalue weighted by Crippen LogP contribution is 2.21. The largest absolute Gasteiger partial charge is 0.368 e. The van der Waals surface area contributed by atoms with E-state index in [0.29, 0.717) is 24.1 Å². The van der Waals surface area contributed by atoms with Crippen LogP contribution in [0.3, 0.4) is 0 Å². The molecule has 1 unspecified atom stereocenters. The predicted molar refractivity (Wildman–Crippen MR) is 71.0 cm³/mol. The van der Waals surface area contributed by atoms with Gasteiger partial charge in [0, 0.05) is 24.1 Å². The highest BCUT2D eigenvalue weighted by atomic mass is 79.9. The van der Waals surface area contributed by atoms with Crippen LogP contribution in [-0.4, -0.2) is 42.4 Å². The third-order valence-corrected chi connectivity index (χ3v) is 3.68. The van der Waals surface area contributed by atoms with Crippen molar-refractivity contribution >= 4 is 27.7 Å². The molecule has 1 aliphatic rings. The smallest absolute Gasteiger partial charge is 0.255 e. The average Bonchev–Trinajstić information content (AvgIpc) is 2.40.